The van der Waals surface area contributed by atoms with Crippen molar-refractivity contribution in [1.29, 1.82) is 0 Å². The highest BCUT2D eigenvalue weighted by atomic mass is 16.5. The van der Waals surface area contributed by atoms with Crippen molar-refractivity contribution >= 4 is 11.9 Å². The molecule has 1 aromatic heterocycles. The Balaban J connectivity index is 2.55. The van der Waals surface area contributed by atoms with Crippen molar-refractivity contribution in [3.63, 3.8) is 0 Å². The van der Waals surface area contributed by atoms with E-state index < -0.39 is 17.2 Å². The Morgan fingerprint density at radius 1 is 1.35 bits per heavy atom. The molecule has 0 saturated heterocycles. The summed E-state index contributed by atoms with van der Waals surface area (Å²) in [6.07, 6.45) is 0. The largest absolute Gasteiger partial charge is 0.489 e. The Morgan fingerprint density at radius 3 is 2.48 bits per heavy atom. The van der Waals surface area contributed by atoms with Crippen LogP contribution >= 0.6 is 0 Å². The molecule has 122 valence electrons. The van der Waals surface area contributed by atoms with E-state index in [9.17, 15) is 14.7 Å². The molecule has 1 atom stereocenters. The fraction of sp³-hybridized carbons (Fsp3) is 0.312. The maximum atomic E-state index is 12.3. The number of benzene rings is 1. The molecule has 0 amide bonds. The second kappa shape index (κ2) is 6.51. The van der Waals surface area contributed by atoms with Crippen molar-refractivity contribution in [2.24, 2.45) is 7.05 Å². The number of nitrogens with zero attached hydrogens (tertiary/aromatic N) is 3. The van der Waals surface area contributed by atoms with Gasteiger partial charge in [0.05, 0.1) is 13.2 Å². The van der Waals surface area contributed by atoms with Crippen LogP contribution in [0.3, 0.4) is 0 Å². The molecule has 0 saturated carbocycles. The molecule has 0 bridgehead atoms. The number of anilines is 1. The van der Waals surface area contributed by atoms with E-state index in [2.05, 4.69) is 4.98 Å². The van der Waals surface area contributed by atoms with Crippen LogP contribution in [0.25, 0.3) is 0 Å². The standard InChI is InChI=1S/C16H19N3O4/c1-10(11-8-6-5-7-9-11)18(2)16-17-12(15(21)22)13(23-4)14(20)19(16)3/h5-10H,1-4H3,(H,21,22)/t10-/m1/s1. The van der Waals surface area contributed by atoms with E-state index >= 15 is 0 Å². The van der Waals surface area contributed by atoms with Crippen molar-refractivity contribution in [3.8, 4) is 5.75 Å². The van der Waals surface area contributed by atoms with Crippen LogP contribution in [0.2, 0.25) is 0 Å². The Hall–Kier alpha value is -2.83. The SMILES string of the molecule is COc1c(C(=O)O)nc(N(C)[C@H](C)c2ccccc2)n(C)c1=O. The van der Waals surface area contributed by atoms with Gasteiger partial charge in [0.1, 0.15) is 0 Å². The van der Waals surface area contributed by atoms with Gasteiger partial charge in [-0.1, -0.05) is 30.3 Å². The van der Waals surface area contributed by atoms with E-state index in [0.717, 1.165) is 5.56 Å². The van der Waals surface area contributed by atoms with E-state index in [0.29, 0.717) is 0 Å². The highest BCUT2D eigenvalue weighted by molar-refractivity contribution is 5.88. The van der Waals surface area contributed by atoms with Gasteiger partial charge in [-0.05, 0) is 12.5 Å². The van der Waals surface area contributed by atoms with Crippen molar-refractivity contribution < 1.29 is 14.6 Å². The lowest BCUT2D eigenvalue weighted by molar-refractivity contribution is 0.0685. The first kappa shape index (κ1) is 16.5. The maximum Gasteiger partial charge on any atom is 0.358 e. The van der Waals surface area contributed by atoms with Crippen LogP contribution in [0.15, 0.2) is 35.1 Å². The Morgan fingerprint density at radius 2 is 1.96 bits per heavy atom. The fourth-order valence-corrected chi connectivity index (χ4v) is 2.34. The predicted molar refractivity (Wildman–Crippen MR) is 86.2 cm³/mol. The van der Waals surface area contributed by atoms with Crippen LogP contribution < -0.4 is 15.2 Å². The molecule has 23 heavy (non-hydrogen) atoms. The minimum atomic E-state index is -1.30. The Labute approximate surface area is 133 Å². The Kier molecular flexibility index (Phi) is 4.68. The van der Waals surface area contributed by atoms with Gasteiger partial charge in [0.15, 0.2) is 5.69 Å². The smallest absolute Gasteiger partial charge is 0.358 e. The maximum absolute atomic E-state index is 12.3. The number of carbonyl (C=O) groups is 1. The summed E-state index contributed by atoms with van der Waals surface area (Å²) in [7, 11) is 4.55. The van der Waals surface area contributed by atoms with E-state index in [1.807, 2.05) is 37.3 Å². The molecule has 7 heteroatoms. The number of carboxylic acid groups (broad SMARTS) is 1. The van der Waals surface area contributed by atoms with Crippen LogP contribution in [-0.4, -0.2) is 34.8 Å². The van der Waals surface area contributed by atoms with E-state index in [1.54, 1.807) is 11.9 Å². The lowest BCUT2D eigenvalue weighted by atomic mass is 10.1. The minimum absolute atomic E-state index is 0.0932. The highest BCUT2D eigenvalue weighted by Crippen LogP contribution is 2.24. The molecule has 0 aliphatic rings. The Bertz CT molecular complexity index is 771. The number of ether oxygens (including phenoxy) is 1. The van der Waals surface area contributed by atoms with Gasteiger partial charge in [-0.15, -0.1) is 0 Å². The molecule has 1 heterocycles. The molecule has 0 fully saturated rings. The zero-order valence-corrected chi connectivity index (χ0v) is 13.5. The molecule has 2 rings (SSSR count). The van der Waals surface area contributed by atoms with E-state index in [1.165, 1.54) is 18.7 Å². The molecule has 1 aromatic carbocycles. The number of aromatic nitrogens is 2. The van der Waals surface area contributed by atoms with Crippen LogP contribution in [0.5, 0.6) is 5.75 Å². The zero-order valence-electron chi connectivity index (χ0n) is 13.5. The number of hydrogen-bond donors (Lipinski definition) is 1. The molecule has 0 spiro atoms. The average molecular weight is 317 g/mol. The fourth-order valence-electron chi connectivity index (χ4n) is 2.34. The summed E-state index contributed by atoms with van der Waals surface area (Å²) in [5, 5.41) is 9.26. The first-order chi connectivity index (χ1) is 10.9. The lowest BCUT2D eigenvalue weighted by Gasteiger charge is -2.28. The normalized spacial score (nSPS) is 11.8. The summed E-state index contributed by atoms with van der Waals surface area (Å²) in [6, 6.07) is 9.58. The van der Waals surface area contributed by atoms with Gasteiger partial charge in [0.25, 0.3) is 5.56 Å². The summed E-state index contributed by atoms with van der Waals surface area (Å²) in [6.45, 7) is 1.95. The predicted octanol–water partition coefficient (Wildman–Crippen LogP) is 1.68. The van der Waals surface area contributed by atoms with Crippen LogP contribution in [0.1, 0.15) is 29.0 Å². The topological polar surface area (TPSA) is 84.7 Å². The van der Waals surface area contributed by atoms with Gasteiger partial charge in [0.2, 0.25) is 11.7 Å². The van der Waals surface area contributed by atoms with Crippen molar-refractivity contribution in [1.82, 2.24) is 9.55 Å². The zero-order chi connectivity index (χ0) is 17.1. The van der Waals surface area contributed by atoms with Gasteiger partial charge < -0.3 is 14.7 Å². The molecule has 0 unspecified atom stereocenters. The lowest BCUT2D eigenvalue weighted by Crippen LogP contribution is -2.33. The first-order valence-electron chi connectivity index (χ1n) is 7.04. The molecular formula is C16H19N3O4. The number of hydrogen-bond acceptors (Lipinski definition) is 5. The van der Waals surface area contributed by atoms with Crippen molar-refractivity contribution in [2.75, 3.05) is 19.1 Å². The number of methoxy groups -OCH3 is 1. The van der Waals surface area contributed by atoms with Gasteiger partial charge in [0, 0.05) is 14.1 Å². The highest BCUT2D eigenvalue weighted by Gasteiger charge is 2.24. The van der Waals surface area contributed by atoms with E-state index in [4.69, 9.17) is 4.74 Å². The number of rotatable bonds is 5. The number of carboxylic acids is 1. The van der Waals surface area contributed by atoms with Gasteiger partial charge in [-0.3, -0.25) is 9.36 Å². The summed E-state index contributed by atoms with van der Waals surface area (Å²) >= 11 is 0. The molecule has 0 radical (unpaired) electrons. The second-order valence-electron chi connectivity index (χ2n) is 5.16. The molecule has 2 aromatic rings. The van der Waals surface area contributed by atoms with Gasteiger partial charge >= 0.3 is 5.97 Å². The van der Waals surface area contributed by atoms with Crippen molar-refractivity contribution in [2.45, 2.75) is 13.0 Å². The van der Waals surface area contributed by atoms with Crippen LogP contribution in [-0.2, 0) is 7.05 Å². The average Bonchev–Trinajstić information content (AvgIpc) is 2.56. The van der Waals surface area contributed by atoms with Crippen LogP contribution in [0.4, 0.5) is 5.95 Å². The monoisotopic (exact) mass is 317 g/mol. The van der Waals surface area contributed by atoms with Crippen molar-refractivity contribution in [3.05, 3.63) is 51.9 Å². The summed E-state index contributed by atoms with van der Waals surface area (Å²) in [4.78, 5) is 29.5. The molecule has 0 aliphatic heterocycles. The third-order valence-electron chi connectivity index (χ3n) is 3.81. The van der Waals surface area contributed by atoms with Gasteiger partial charge in [-0.2, -0.15) is 0 Å². The summed E-state index contributed by atoms with van der Waals surface area (Å²) in [5.74, 6) is -1.32. The third-order valence-corrected chi connectivity index (χ3v) is 3.81. The summed E-state index contributed by atoms with van der Waals surface area (Å²) < 4.78 is 6.19. The quantitative estimate of drug-likeness (QED) is 0.903. The van der Waals surface area contributed by atoms with E-state index in [-0.39, 0.29) is 17.7 Å². The molecule has 0 aliphatic carbocycles. The van der Waals surface area contributed by atoms with Crippen LogP contribution in [0, 0.1) is 0 Å². The third kappa shape index (κ3) is 3.03. The number of aromatic carboxylic acids is 1. The minimum Gasteiger partial charge on any atom is -0.489 e. The molecule has 7 nitrogen and oxygen atoms in total. The first-order valence-corrected chi connectivity index (χ1v) is 7.04. The molecular weight excluding hydrogens is 298 g/mol. The second-order valence-corrected chi connectivity index (χ2v) is 5.16. The van der Waals surface area contributed by atoms with Gasteiger partial charge in [-0.25, -0.2) is 9.78 Å². The molecule has 1 N–H and O–H groups in total. The summed E-state index contributed by atoms with van der Waals surface area (Å²) in [5.41, 5.74) is 0.0941.